The third-order valence-corrected chi connectivity index (χ3v) is 9.19. The fraction of sp³-hybridized carbons (Fsp3) is 0.268. The monoisotopic (exact) mass is 751 g/mol. The molecule has 1 aliphatic heterocycles. The number of rotatable bonds is 12. The summed E-state index contributed by atoms with van der Waals surface area (Å²) >= 11 is 0. The van der Waals surface area contributed by atoms with Crippen LogP contribution in [0.2, 0.25) is 0 Å². The molecule has 0 atom stereocenters. The van der Waals surface area contributed by atoms with Gasteiger partial charge < -0.3 is 29.7 Å². The maximum absolute atomic E-state index is 14.9. The topological polar surface area (TPSA) is 121 Å². The Bertz CT molecular complexity index is 2140. The molecule has 55 heavy (non-hydrogen) atoms. The molecule has 0 aliphatic carbocycles. The number of hydrogen-bond donors (Lipinski definition) is 2. The van der Waals surface area contributed by atoms with Crippen LogP contribution in [0, 0.1) is 6.92 Å². The summed E-state index contributed by atoms with van der Waals surface area (Å²) in [6, 6.07) is 25.0. The summed E-state index contributed by atoms with van der Waals surface area (Å²) in [6.45, 7) is 6.19. The standard InChI is InChI=1S/C41H43F2N7O5/c1-27-11-14-31(45-38(51)28-12-13-29(33(23-28)41(2,42)43)26-49-21-19-48(3)20-22-49)24-35(27)55-40(52)50(34-16-15-32(53-4)25-36(34)54-5)37-17-18-44-39(47-37)46-30-9-7-6-8-10-30/h6-18,23-25H,19-22,26H2,1-5H3,(H,45,51)(H,44,46,47). The lowest BCUT2D eigenvalue weighted by atomic mass is 9.98. The number of carbonyl (C=O) groups excluding carboxylic acids is 2. The Hall–Kier alpha value is -6.12. The zero-order valence-corrected chi connectivity index (χ0v) is 31.3. The Balaban J connectivity index is 1.26. The first kappa shape index (κ1) is 38.6. The van der Waals surface area contributed by atoms with Crippen molar-refractivity contribution in [2.24, 2.45) is 0 Å². The van der Waals surface area contributed by atoms with Gasteiger partial charge >= 0.3 is 6.09 Å². The van der Waals surface area contributed by atoms with E-state index in [9.17, 15) is 18.4 Å². The van der Waals surface area contributed by atoms with Crippen molar-refractivity contribution in [1.29, 1.82) is 0 Å². The number of anilines is 5. The van der Waals surface area contributed by atoms with E-state index in [-0.39, 0.29) is 34.3 Å². The lowest BCUT2D eigenvalue weighted by molar-refractivity contribution is 0.0155. The molecule has 14 heteroatoms. The molecule has 0 saturated carbocycles. The molecule has 6 rings (SSSR count). The number of amides is 2. The number of halogens is 2. The van der Waals surface area contributed by atoms with E-state index in [0.717, 1.165) is 38.8 Å². The first-order valence-corrected chi connectivity index (χ1v) is 17.6. The first-order valence-electron chi connectivity index (χ1n) is 17.6. The third kappa shape index (κ3) is 9.52. The summed E-state index contributed by atoms with van der Waals surface area (Å²) in [5.74, 6) is -2.42. The molecule has 1 fully saturated rings. The molecule has 0 radical (unpaired) electrons. The zero-order chi connectivity index (χ0) is 39.1. The third-order valence-electron chi connectivity index (χ3n) is 9.19. The molecule has 1 saturated heterocycles. The molecule has 0 spiro atoms. The van der Waals surface area contributed by atoms with Crippen LogP contribution in [0.25, 0.3) is 0 Å². The number of aryl methyl sites for hydroxylation is 1. The van der Waals surface area contributed by atoms with Gasteiger partial charge in [-0.2, -0.15) is 4.98 Å². The van der Waals surface area contributed by atoms with Crippen LogP contribution in [-0.2, 0) is 12.5 Å². The van der Waals surface area contributed by atoms with Crippen molar-refractivity contribution >= 4 is 40.8 Å². The lowest BCUT2D eigenvalue weighted by Gasteiger charge is -2.33. The van der Waals surface area contributed by atoms with Crippen LogP contribution in [0.4, 0.5) is 42.4 Å². The number of hydrogen-bond acceptors (Lipinski definition) is 10. The van der Waals surface area contributed by atoms with Crippen LogP contribution in [0.15, 0.2) is 97.2 Å². The summed E-state index contributed by atoms with van der Waals surface area (Å²) < 4.78 is 46.8. The van der Waals surface area contributed by atoms with Gasteiger partial charge in [-0.3, -0.25) is 9.69 Å². The van der Waals surface area contributed by atoms with Gasteiger partial charge in [-0.05, 0) is 67.6 Å². The van der Waals surface area contributed by atoms with Crippen LogP contribution in [0.1, 0.15) is 34.0 Å². The molecule has 0 unspecified atom stereocenters. The van der Waals surface area contributed by atoms with Gasteiger partial charge in [0.1, 0.15) is 23.1 Å². The van der Waals surface area contributed by atoms with Gasteiger partial charge in [0, 0.05) is 86.5 Å². The Morgan fingerprint density at radius 1 is 0.873 bits per heavy atom. The number of likely N-dealkylation sites (N-methyl/N-ethyl adjacent to an activating group) is 1. The maximum Gasteiger partial charge on any atom is 0.425 e. The predicted molar refractivity (Wildman–Crippen MR) is 207 cm³/mol. The summed E-state index contributed by atoms with van der Waals surface area (Å²) in [6.07, 6.45) is 0.662. The van der Waals surface area contributed by atoms with Crippen molar-refractivity contribution in [3.63, 3.8) is 0 Å². The van der Waals surface area contributed by atoms with E-state index in [1.165, 1.54) is 37.4 Å². The van der Waals surface area contributed by atoms with Gasteiger partial charge in [-0.25, -0.2) is 23.5 Å². The van der Waals surface area contributed by atoms with Crippen LogP contribution < -0.4 is 29.7 Å². The number of aromatic nitrogens is 2. The van der Waals surface area contributed by atoms with Gasteiger partial charge in [0.2, 0.25) is 5.95 Å². The Morgan fingerprint density at radius 3 is 2.35 bits per heavy atom. The average Bonchev–Trinajstić information content (AvgIpc) is 3.17. The minimum absolute atomic E-state index is 0.0687. The number of nitrogens with zero attached hydrogens (tertiary/aromatic N) is 5. The average molecular weight is 752 g/mol. The van der Waals surface area contributed by atoms with E-state index >= 15 is 0 Å². The molecule has 0 bridgehead atoms. The molecule has 2 N–H and O–H groups in total. The van der Waals surface area contributed by atoms with Gasteiger partial charge in [0.25, 0.3) is 11.8 Å². The van der Waals surface area contributed by atoms with E-state index in [2.05, 4.69) is 30.4 Å². The number of benzene rings is 4. The van der Waals surface area contributed by atoms with Crippen molar-refractivity contribution in [2.75, 3.05) is 63.0 Å². The van der Waals surface area contributed by atoms with Crippen molar-refractivity contribution in [3.8, 4) is 17.2 Å². The molecule has 1 aromatic heterocycles. The van der Waals surface area contributed by atoms with Crippen molar-refractivity contribution < 1.29 is 32.6 Å². The highest BCUT2D eigenvalue weighted by Crippen LogP contribution is 2.38. The second-order valence-electron chi connectivity index (χ2n) is 13.2. The Kier molecular flexibility index (Phi) is 11.9. The largest absolute Gasteiger partial charge is 0.497 e. The minimum Gasteiger partial charge on any atom is -0.497 e. The maximum atomic E-state index is 14.9. The van der Waals surface area contributed by atoms with E-state index in [1.54, 1.807) is 55.5 Å². The Morgan fingerprint density at radius 2 is 1.64 bits per heavy atom. The quantitative estimate of drug-likeness (QED) is 0.130. The minimum atomic E-state index is -3.16. The van der Waals surface area contributed by atoms with Crippen LogP contribution in [0.5, 0.6) is 17.2 Å². The highest BCUT2D eigenvalue weighted by molar-refractivity contribution is 6.04. The highest BCUT2D eigenvalue weighted by Gasteiger charge is 2.30. The smallest absolute Gasteiger partial charge is 0.425 e. The number of carbonyl (C=O) groups is 2. The number of para-hydroxylation sites is 1. The molecule has 286 valence electrons. The van der Waals surface area contributed by atoms with E-state index in [4.69, 9.17) is 14.2 Å². The second-order valence-corrected chi connectivity index (χ2v) is 13.2. The van der Waals surface area contributed by atoms with Crippen molar-refractivity contribution in [1.82, 2.24) is 19.8 Å². The molecular weight excluding hydrogens is 708 g/mol. The second kappa shape index (κ2) is 16.9. The Labute approximate surface area is 318 Å². The van der Waals surface area contributed by atoms with Crippen molar-refractivity contribution in [3.05, 3.63) is 119 Å². The molecule has 12 nitrogen and oxygen atoms in total. The molecule has 2 heterocycles. The van der Waals surface area contributed by atoms with Crippen LogP contribution >= 0.6 is 0 Å². The number of piperazine rings is 1. The molecule has 5 aromatic rings. The molecule has 4 aromatic carbocycles. The summed E-state index contributed by atoms with van der Waals surface area (Å²) in [7, 11) is 5.02. The van der Waals surface area contributed by atoms with E-state index < -0.39 is 17.9 Å². The fourth-order valence-electron chi connectivity index (χ4n) is 6.11. The highest BCUT2D eigenvalue weighted by atomic mass is 19.3. The van der Waals surface area contributed by atoms with E-state index in [0.29, 0.717) is 34.9 Å². The number of nitrogens with one attached hydrogen (secondary N) is 2. The summed E-state index contributed by atoms with van der Waals surface area (Å²) in [5, 5.41) is 5.90. The zero-order valence-electron chi connectivity index (χ0n) is 31.3. The molecule has 1 aliphatic rings. The number of alkyl halides is 2. The molecule has 2 amide bonds. The van der Waals surface area contributed by atoms with Gasteiger partial charge in [-0.15, -0.1) is 0 Å². The van der Waals surface area contributed by atoms with Gasteiger partial charge in [-0.1, -0.05) is 30.3 Å². The fourth-order valence-corrected chi connectivity index (χ4v) is 6.11. The van der Waals surface area contributed by atoms with E-state index in [1.807, 2.05) is 37.4 Å². The predicted octanol–water partition coefficient (Wildman–Crippen LogP) is 7.99. The van der Waals surface area contributed by atoms with Crippen molar-refractivity contribution in [2.45, 2.75) is 26.3 Å². The number of ether oxygens (including phenoxy) is 3. The van der Waals surface area contributed by atoms with Gasteiger partial charge in [0.15, 0.2) is 0 Å². The summed E-state index contributed by atoms with van der Waals surface area (Å²) in [4.78, 5) is 42.2. The normalized spacial score (nSPS) is 13.5. The van der Waals surface area contributed by atoms with Gasteiger partial charge in [0.05, 0.1) is 19.9 Å². The number of methoxy groups -OCH3 is 2. The van der Waals surface area contributed by atoms with Crippen LogP contribution in [0.3, 0.4) is 0 Å². The lowest BCUT2D eigenvalue weighted by Crippen LogP contribution is -2.44. The SMILES string of the molecule is COc1ccc(N(C(=O)Oc2cc(NC(=O)c3ccc(CN4CCN(C)CC4)c(C(C)(F)F)c3)ccc2C)c2ccnc(Nc3ccccc3)n2)c(OC)c1. The summed E-state index contributed by atoms with van der Waals surface area (Å²) in [5.41, 5.74) is 2.27. The first-order chi connectivity index (χ1) is 26.4. The van der Waals surface area contributed by atoms with Crippen LogP contribution in [-0.4, -0.2) is 79.2 Å². The molecular formula is C41H43F2N7O5.